The van der Waals surface area contributed by atoms with Crippen LogP contribution in [0.25, 0.3) is 0 Å². The average Bonchev–Trinajstić information content (AvgIpc) is 3.05. The minimum atomic E-state index is -0.120. The molecular weight excluding hydrogens is 550 g/mol. The van der Waals surface area contributed by atoms with Gasteiger partial charge in [-0.2, -0.15) is 15.0 Å². The van der Waals surface area contributed by atoms with Crippen molar-refractivity contribution in [3.8, 4) is 11.5 Å². The number of anilines is 4. The molecule has 1 heterocycles. The van der Waals surface area contributed by atoms with E-state index in [-0.39, 0.29) is 5.91 Å². The first-order valence-electron chi connectivity index (χ1n) is 13.9. The number of aromatic nitrogens is 3. The molecule has 4 rings (SSSR count). The van der Waals surface area contributed by atoms with Gasteiger partial charge in [0.05, 0.1) is 40.6 Å². The Hall–Kier alpha value is -4.94. The van der Waals surface area contributed by atoms with E-state index in [9.17, 15) is 4.79 Å². The summed E-state index contributed by atoms with van der Waals surface area (Å²) in [7, 11) is 3.25. The number of nitrogens with zero attached hydrogens (tertiary/aromatic N) is 3. The summed E-state index contributed by atoms with van der Waals surface area (Å²) >= 11 is 0. The van der Waals surface area contributed by atoms with Gasteiger partial charge in [0.25, 0.3) is 5.91 Å². The molecule has 0 fully saturated rings. The molecule has 12 nitrogen and oxygen atoms in total. The van der Waals surface area contributed by atoms with Crippen LogP contribution in [-0.2, 0) is 16.0 Å². The third-order valence-electron chi connectivity index (χ3n) is 6.02. The molecule has 4 aromatic rings. The summed E-state index contributed by atoms with van der Waals surface area (Å²) in [6, 6.07) is 24.3. The number of rotatable bonds is 18. The lowest BCUT2D eigenvalue weighted by Crippen LogP contribution is -2.27. The molecule has 0 saturated heterocycles. The van der Waals surface area contributed by atoms with Crippen molar-refractivity contribution in [1.82, 2.24) is 20.3 Å². The van der Waals surface area contributed by atoms with Crippen LogP contribution in [0.3, 0.4) is 0 Å². The zero-order chi connectivity index (χ0) is 30.1. The zero-order valence-corrected chi connectivity index (χ0v) is 24.3. The van der Waals surface area contributed by atoms with Gasteiger partial charge in [0.2, 0.25) is 17.8 Å². The van der Waals surface area contributed by atoms with E-state index >= 15 is 0 Å². The van der Waals surface area contributed by atoms with Gasteiger partial charge in [-0.25, -0.2) is 0 Å². The smallest absolute Gasteiger partial charge is 0.251 e. The van der Waals surface area contributed by atoms with E-state index in [0.717, 1.165) is 17.0 Å². The molecule has 0 bridgehead atoms. The SMILES string of the molecule is COc1cccc(CNc2nc(NCCOCCOCCNC(=O)c3ccccc3)nc(Nc3cccc(OC)c3)n2)c1. The van der Waals surface area contributed by atoms with Crippen molar-refractivity contribution < 1.29 is 23.7 Å². The molecule has 12 heteroatoms. The molecule has 0 radical (unpaired) electrons. The normalized spacial score (nSPS) is 10.6. The van der Waals surface area contributed by atoms with Crippen molar-refractivity contribution in [2.75, 3.05) is 69.7 Å². The summed E-state index contributed by atoms with van der Waals surface area (Å²) in [6.07, 6.45) is 0. The van der Waals surface area contributed by atoms with E-state index in [0.29, 0.717) is 75.2 Å². The molecular formula is C31H37N7O5. The molecule has 0 aliphatic heterocycles. The molecule has 0 unspecified atom stereocenters. The van der Waals surface area contributed by atoms with Crippen LogP contribution in [0.1, 0.15) is 15.9 Å². The topological polar surface area (TPSA) is 141 Å². The summed E-state index contributed by atoms with van der Waals surface area (Å²) in [5, 5.41) is 12.5. The highest BCUT2D eigenvalue weighted by Gasteiger charge is 2.09. The summed E-state index contributed by atoms with van der Waals surface area (Å²) in [5.74, 6) is 2.53. The van der Waals surface area contributed by atoms with Gasteiger partial charge in [-0.3, -0.25) is 4.79 Å². The molecule has 226 valence electrons. The molecule has 0 aliphatic carbocycles. The van der Waals surface area contributed by atoms with Crippen LogP contribution in [-0.4, -0.2) is 74.6 Å². The molecule has 0 aliphatic rings. The average molecular weight is 588 g/mol. The largest absolute Gasteiger partial charge is 0.497 e. The monoisotopic (exact) mass is 587 g/mol. The van der Waals surface area contributed by atoms with Gasteiger partial charge in [0, 0.05) is 37.0 Å². The van der Waals surface area contributed by atoms with Gasteiger partial charge in [0.15, 0.2) is 0 Å². The number of nitrogens with one attached hydrogen (secondary N) is 4. The molecule has 0 spiro atoms. The molecule has 1 amide bonds. The minimum Gasteiger partial charge on any atom is -0.497 e. The van der Waals surface area contributed by atoms with Gasteiger partial charge in [0.1, 0.15) is 11.5 Å². The van der Waals surface area contributed by atoms with E-state index in [2.05, 4.69) is 36.2 Å². The van der Waals surface area contributed by atoms with E-state index in [1.807, 2.05) is 66.7 Å². The molecule has 43 heavy (non-hydrogen) atoms. The van der Waals surface area contributed by atoms with Gasteiger partial charge in [-0.15, -0.1) is 0 Å². The van der Waals surface area contributed by atoms with Crippen LogP contribution in [0.2, 0.25) is 0 Å². The lowest BCUT2D eigenvalue weighted by atomic mass is 10.2. The number of hydrogen-bond donors (Lipinski definition) is 4. The summed E-state index contributed by atoms with van der Waals surface area (Å²) in [6.45, 7) is 3.06. The Kier molecular flexibility index (Phi) is 12.3. The first kappa shape index (κ1) is 31.0. The van der Waals surface area contributed by atoms with Crippen LogP contribution >= 0.6 is 0 Å². The zero-order valence-electron chi connectivity index (χ0n) is 24.3. The maximum atomic E-state index is 12.0. The lowest BCUT2D eigenvalue weighted by Gasteiger charge is -2.12. The predicted molar refractivity (Wildman–Crippen MR) is 165 cm³/mol. The predicted octanol–water partition coefficient (Wildman–Crippen LogP) is 4.12. The lowest BCUT2D eigenvalue weighted by molar-refractivity contribution is 0.0519. The molecule has 3 aromatic carbocycles. The van der Waals surface area contributed by atoms with Gasteiger partial charge >= 0.3 is 0 Å². The summed E-state index contributed by atoms with van der Waals surface area (Å²) in [5.41, 5.74) is 2.42. The first-order chi connectivity index (χ1) is 21.1. The number of methoxy groups -OCH3 is 2. The van der Waals surface area contributed by atoms with Crippen LogP contribution in [0, 0.1) is 0 Å². The fourth-order valence-corrected chi connectivity index (χ4v) is 3.87. The van der Waals surface area contributed by atoms with Crippen LogP contribution in [0.5, 0.6) is 11.5 Å². The fraction of sp³-hybridized carbons (Fsp3) is 0.290. The van der Waals surface area contributed by atoms with Gasteiger partial charge in [-0.05, 0) is 42.0 Å². The van der Waals surface area contributed by atoms with E-state index < -0.39 is 0 Å². The Bertz CT molecular complexity index is 1420. The van der Waals surface area contributed by atoms with Crippen molar-refractivity contribution >= 4 is 29.4 Å². The number of carbonyl (C=O) groups excluding carboxylic acids is 1. The quantitative estimate of drug-likeness (QED) is 0.125. The number of carbonyl (C=O) groups is 1. The van der Waals surface area contributed by atoms with Crippen molar-refractivity contribution in [3.05, 3.63) is 90.0 Å². The van der Waals surface area contributed by atoms with E-state index in [4.69, 9.17) is 18.9 Å². The number of amides is 1. The molecule has 0 saturated carbocycles. The Morgan fingerprint density at radius 1 is 0.674 bits per heavy atom. The second-order valence-electron chi connectivity index (χ2n) is 9.14. The highest BCUT2D eigenvalue weighted by Crippen LogP contribution is 2.21. The molecule has 1 aromatic heterocycles. The van der Waals surface area contributed by atoms with Crippen molar-refractivity contribution in [1.29, 1.82) is 0 Å². The van der Waals surface area contributed by atoms with Crippen molar-refractivity contribution in [2.24, 2.45) is 0 Å². The highest BCUT2D eigenvalue weighted by molar-refractivity contribution is 5.94. The molecule has 0 atom stereocenters. The van der Waals surface area contributed by atoms with Crippen LogP contribution in [0.4, 0.5) is 23.5 Å². The minimum absolute atomic E-state index is 0.120. The standard InChI is InChI=1S/C31H37N7O5/c1-40-26-12-6-8-23(20-26)22-34-30-36-29(37-31(38-30)35-25-11-7-13-27(21-25)41-2)33-15-17-43-19-18-42-16-14-32-28(39)24-9-4-3-5-10-24/h3-13,20-21H,14-19,22H2,1-2H3,(H,32,39)(H3,33,34,35,36,37,38). The van der Waals surface area contributed by atoms with E-state index in [1.165, 1.54) is 0 Å². The molecule has 4 N–H and O–H groups in total. The first-order valence-corrected chi connectivity index (χ1v) is 13.9. The maximum absolute atomic E-state index is 12.0. The Labute approximate surface area is 251 Å². The Morgan fingerprint density at radius 3 is 2.07 bits per heavy atom. The van der Waals surface area contributed by atoms with Crippen LogP contribution < -0.4 is 30.7 Å². The third-order valence-corrected chi connectivity index (χ3v) is 6.02. The fourth-order valence-electron chi connectivity index (χ4n) is 3.87. The van der Waals surface area contributed by atoms with Crippen molar-refractivity contribution in [3.63, 3.8) is 0 Å². The number of hydrogen-bond acceptors (Lipinski definition) is 11. The van der Waals surface area contributed by atoms with Gasteiger partial charge < -0.3 is 40.2 Å². The highest BCUT2D eigenvalue weighted by atomic mass is 16.5. The van der Waals surface area contributed by atoms with E-state index in [1.54, 1.807) is 26.4 Å². The Balaban J connectivity index is 1.22. The van der Waals surface area contributed by atoms with Crippen molar-refractivity contribution in [2.45, 2.75) is 6.54 Å². The number of ether oxygens (including phenoxy) is 4. The number of benzene rings is 3. The summed E-state index contributed by atoms with van der Waals surface area (Å²) < 4.78 is 21.8. The Morgan fingerprint density at radius 2 is 1.33 bits per heavy atom. The summed E-state index contributed by atoms with van der Waals surface area (Å²) in [4.78, 5) is 25.6. The van der Waals surface area contributed by atoms with Crippen LogP contribution in [0.15, 0.2) is 78.9 Å². The second kappa shape index (κ2) is 17.1. The second-order valence-corrected chi connectivity index (χ2v) is 9.14. The van der Waals surface area contributed by atoms with Gasteiger partial charge in [-0.1, -0.05) is 36.4 Å². The third kappa shape index (κ3) is 10.8. The maximum Gasteiger partial charge on any atom is 0.251 e.